The van der Waals surface area contributed by atoms with E-state index in [1.54, 1.807) is 11.3 Å². The summed E-state index contributed by atoms with van der Waals surface area (Å²) in [4.78, 5) is 14.3. The van der Waals surface area contributed by atoms with Crippen LogP contribution < -0.4 is 11.1 Å². The minimum atomic E-state index is 0.0432. The lowest BCUT2D eigenvalue weighted by molar-refractivity contribution is 0.0941. The van der Waals surface area contributed by atoms with E-state index < -0.39 is 0 Å². The van der Waals surface area contributed by atoms with Crippen LogP contribution in [0.2, 0.25) is 0 Å². The molecule has 0 saturated heterocycles. The van der Waals surface area contributed by atoms with Crippen LogP contribution in [0.1, 0.15) is 46.3 Å². The number of rotatable bonds is 4. The zero-order chi connectivity index (χ0) is 12.3. The second kappa shape index (κ2) is 5.65. The highest BCUT2D eigenvalue weighted by atomic mass is 32.1. The Kier molecular flexibility index (Phi) is 4.18. The molecule has 1 atom stereocenters. The molecule has 4 heteroatoms. The average molecular weight is 252 g/mol. The molecule has 1 heterocycles. The standard InChI is InChI=1S/C13H20N2OS/c1-2-10(8-14)15-13(16)12-7-9-5-3-4-6-11(9)17-12/h7,10H,2-6,8,14H2,1H3,(H,15,16). The van der Waals surface area contributed by atoms with Crippen LogP contribution in [0.25, 0.3) is 0 Å². The first-order chi connectivity index (χ1) is 8.24. The molecular formula is C13H20N2OS. The van der Waals surface area contributed by atoms with Crippen LogP contribution in [0.5, 0.6) is 0 Å². The minimum absolute atomic E-state index is 0.0432. The van der Waals surface area contributed by atoms with Crippen molar-refractivity contribution in [3.63, 3.8) is 0 Å². The van der Waals surface area contributed by atoms with Crippen LogP contribution in [0.4, 0.5) is 0 Å². The van der Waals surface area contributed by atoms with Gasteiger partial charge in [-0.3, -0.25) is 4.79 Å². The third-order valence-corrected chi connectivity index (χ3v) is 4.57. The van der Waals surface area contributed by atoms with Gasteiger partial charge in [-0.25, -0.2) is 0 Å². The molecule has 0 fully saturated rings. The highest BCUT2D eigenvalue weighted by Gasteiger charge is 2.18. The summed E-state index contributed by atoms with van der Waals surface area (Å²) in [6, 6.07) is 2.17. The second-order valence-corrected chi connectivity index (χ2v) is 5.72. The molecule has 1 aromatic heterocycles. The van der Waals surface area contributed by atoms with Gasteiger partial charge in [0, 0.05) is 17.5 Å². The zero-order valence-electron chi connectivity index (χ0n) is 10.3. The Morgan fingerprint density at radius 3 is 2.94 bits per heavy atom. The van der Waals surface area contributed by atoms with Gasteiger partial charge in [-0.05, 0) is 43.7 Å². The molecule has 1 aliphatic carbocycles. The Morgan fingerprint density at radius 1 is 1.53 bits per heavy atom. The molecule has 0 aromatic carbocycles. The van der Waals surface area contributed by atoms with Crippen molar-refractivity contribution in [2.75, 3.05) is 6.54 Å². The van der Waals surface area contributed by atoms with Gasteiger partial charge in [0.1, 0.15) is 0 Å². The van der Waals surface area contributed by atoms with Crippen molar-refractivity contribution in [2.45, 2.75) is 45.1 Å². The van der Waals surface area contributed by atoms with Gasteiger partial charge in [-0.2, -0.15) is 0 Å². The largest absolute Gasteiger partial charge is 0.347 e. The fourth-order valence-electron chi connectivity index (χ4n) is 2.19. The van der Waals surface area contributed by atoms with E-state index in [9.17, 15) is 4.79 Å². The fourth-order valence-corrected chi connectivity index (χ4v) is 3.34. The molecule has 1 aromatic rings. The molecule has 2 rings (SSSR count). The quantitative estimate of drug-likeness (QED) is 0.862. The van der Waals surface area contributed by atoms with E-state index in [2.05, 4.69) is 11.4 Å². The molecule has 94 valence electrons. The van der Waals surface area contributed by atoms with E-state index in [1.807, 2.05) is 6.92 Å². The lowest BCUT2D eigenvalue weighted by Gasteiger charge is -2.13. The summed E-state index contributed by atoms with van der Waals surface area (Å²) in [6.45, 7) is 2.55. The number of fused-ring (bicyclic) bond motifs is 1. The van der Waals surface area contributed by atoms with Crippen molar-refractivity contribution in [1.29, 1.82) is 0 Å². The number of hydrogen-bond donors (Lipinski definition) is 2. The summed E-state index contributed by atoms with van der Waals surface area (Å²) in [5, 5.41) is 2.99. The number of hydrogen-bond acceptors (Lipinski definition) is 3. The Balaban J connectivity index is 2.06. The predicted molar refractivity (Wildman–Crippen MR) is 71.6 cm³/mol. The fraction of sp³-hybridized carbons (Fsp3) is 0.615. The summed E-state index contributed by atoms with van der Waals surface area (Å²) in [6.07, 6.45) is 5.67. The normalized spacial score (nSPS) is 16.4. The van der Waals surface area contributed by atoms with Crippen molar-refractivity contribution in [3.05, 3.63) is 21.4 Å². The zero-order valence-corrected chi connectivity index (χ0v) is 11.1. The average Bonchev–Trinajstić information content (AvgIpc) is 2.79. The highest BCUT2D eigenvalue weighted by molar-refractivity contribution is 7.14. The maximum absolute atomic E-state index is 12.0. The molecule has 0 spiro atoms. The van der Waals surface area contributed by atoms with Crippen molar-refractivity contribution in [1.82, 2.24) is 5.32 Å². The molecule has 3 N–H and O–H groups in total. The van der Waals surface area contributed by atoms with Crippen molar-refractivity contribution in [3.8, 4) is 0 Å². The van der Waals surface area contributed by atoms with E-state index in [1.165, 1.54) is 23.3 Å². The number of thiophene rings is 1. The monoisotopic (exact) mass is 252 g/mol. The van der Waals surface area contributed by atoms with E-state index in [4.69, 9.17) is 5.73 Å². The van der Waals surface area contributed by atoms with E-state index >= 15 is 0 Å². The van der Waals surface area contributed by atoms with Gasteiger partial charge in [0.05, 0.1) is 4.88 Å². The van der Waals surface area contributed by atoms with E-state index in [0.29, 0.717) is 6.54 Å². The number of carbonyl (C=O) groups excluding carboxylic acids is 1. The van der Waals surface area contributed by atoms with E-state index in [0.717, 1.165) is 24.1 Å². The Labute approximate surface area is 106 Å². The van der Waals surface area contributed by atoms with Crippen LogP contribution in [-0.4, -0.2) is 18.5 Å². The molecule has 0 radical (unpaired) electrons. The predicted octanol–water partition coefficient (Wildman–Crippen LogP) is 2.09. The maximum Gasteiger partial charge on any atom is 0.261 e. The molecular weight excluding hydrogens is 232 g/mol. The molecule has 1 amide bonds. The topological polar surface area (TPSA) is 55.1 Å². The highest BCUT2D eigenvalue weighted by Crippen LogP contribution is 2.29. The molecule has 0 bridgehead atoms. The summed E-state index contributed by atoms with van der Waals surface area (Å²) in [5.41, 5.74) is 6.98. The van der Waals surface area contributed by atoms with Crippen LogP contribution in [-0.2, 0) is 12.8 Å². The lowest BCUT2D eigenvalue weighted by Crippen LogP contribution is -2.39. The molecule has 0 aliphatic heterocycles. The summed E-state index contributed by atoms with van der Waals surface area (Å²) < 4.78 is 0. The third kappa shape index (κ3) is 2.87. The van der Waals surface area contributed by atoms with Gasteiger partial charge in [-0.15, -0.1) is 11.3 Å². The number of carbonyl (C=O) groups is 1. The van der Waals surface area contributed by atoms with Gasteiger partial charge in [0.15, 0.2) is 0 Å². The SMILES string of the molecule is CCC(CN)NC(=O)c1cc2c(s1)CCCC2. The van der Waals surface area contributed by atoms with Gasteiger partial charge >= 0.3 is 0 Å². The summed E-state index contributed by atoms with van der Waals surface area (Å²) >= 11 is 1.65. The van der Waals surface area contributed by atoms with Crippen molar-refractivity contribution >= 4 is 17.2 Å². The van der Waals surface area contributed by atoms with Crippen LogP contribution in [0, 0.1) is 0 Å². The van der Waals surface area contributed by atoms with Crippen molar-refractivity contribution < 1.29 is 4.79 Å². The second-order valence-electron chi connectivity index (χ2n) is 4.58. The van der Waals surface area contributed by atoms with Gasteiger partial charge < -0.3 is 11.1 Å². The number of nitrogens with two attached hydrogens (primary N) is 1. The third-order valence-electron chi connectivity index (χ3n) is 3.33. The van der Waals surface area contributed by atoms with Crippen LogP contribution in [0.15, 0.2) is 6.07 Å². The first-order valence-electron chi connectivity index (χ1n) is 6.37. The molecule has 0 saturated carbocycles. The smallest absolute Gasteiger partial charge is 0.261 e. The van der Waals surface area contributed by atoms with Crippen molar-refractivity contribution in [2.24, 2.45) is 5.73 Å². The van der Waals surface area contributed by atoms with Gasteiger partial charge in [-0.1, -0.05) is 6.92 Å². The Morgan fingerprint density at radius 2 is 2.29 bits per heavy atom. The Hall–Kier alpha value is -0.870. The van der Waals surface area contributed by atoms with E-state index in [-0.39, 0.29) is 11.9 Å². The minimum Gasteiger partial charge on any atom is -0.347 e. The summed E-state index contributed by atoms with van der Waals surface area (Å²) in [5.74, 6) is 0.0432. The molecule has 3 nitrogen and oxygen atoms in total. The summed E-state index contributed by atoms with van der Waals surface area (Å²) in [7, 11) is 0. The first kappa shape index (κ1) is 12.6. The molecule has 1 aliphatic rings. The lowest BCUT2D eigenvalue weighted by atomic mass is 9.99. The number of nitrogens with one attached hydrogen (secondary N) is 1. The molecule has 1 unspecified atom stereocenters. The van der Waals surface area contributed by atoms with Crippen LogP contribution in [0.3, 0.4) is 0 Å². The Bertz CT molecular complexity index is 373. The first-order valence-corrected chi connectivity index (χ1v) is 7.18. The number of aryl methyl sites for hydroxylation is 2. The van der Waals surface area contributed by atoms with Gasteiger partial charge in [0.2, 0.25) is 0 Å². The number of amides is 1. The molecule has 17 heavy (non-hydrogen) atoms. The maximum atomic E-state index is 12.0. The van der Waals surface area contributed by atoms with Gasteiger partial charge in [0.25, 0.3) is 5.91 Å². The van der Waals surface area contributed by atoms with Crippen LogP contribution >= 0.6 is 11.3 Å².